The third-order valence-electron chi connectivity index (χ3n) is 4.56. The zero-order valence-electron chi connectivity index (χ0n) is 14.1. The first-order valence-corrected chi connectivity index (χ1v) is 10.5. The smallest absolute Gasteiger partial charge is 0.256 e. The zero-order chi connectivity index (χ0) is 19.2. The quantitative estimate of drug-likeness (QED) is 0.503. The maximum absolute atomic E-state index is 12.7. The molecule has 1 amide bonds. The Balaban J connectivity index is 1.63. The van der Waals surface area contributed by atoms with Crippen LogP contribution in [0.4, 0.5) is 5.69 Å². The number of sulfonamides is 1. The molecule has 0 fully saturated rings. The molecule has 3 aromatic carbocycles. The van der Waals surface area contributed by atoms with Gasteiger partial charge in [0.1, 0.15) is 0 Å². The second kappa shape index (κ2) is 6.60. The van der Waals surface area contributed by atoms with Gasteiger partial charge in [0.05, 0.1) is 10.5 Å². The van der Waals surface area contributed by atoms with Crippen molar-refractivity contribution in [3.05, 3.63) is 81.8 Å². The van der Waals surface area contributed by atoms with E-state index in [4.69, 9.17) is 5.14 Å². The molecule has 0 spiro atoms. The Labute approximate surface area is 165 Å². The second-order valence-electron chi connectivity index (χ2n) is 6.35. The van der Waals surface area contributed by atoms with Crippen LogP contribution in [0.5, 0.6) is 0 Å². The number of rotatable bonds is 3. The van der Waals surface area contributed by atoms with Gasteiger partial charge in [-0.05, 0) is 74.9 Å². The molecule has 136 valence electrons. The fraction of sp³-hybridized carbons (Fsp3) is 0.0500. The van der Waals surface area contributed by atoms with Crippen LogP contribution in [0.3, 0.4) is 0 Å². The summed E-state index contributed by atoms with van der Waals surface area (Å²) in [6.07, 6.45) is 0.819. The van der Waals surface area contributed by atoms with E-state index >= 15 is 0 Å². The van der Waals surface area contributed by atoms with Gasteiger partial charge < -0.3 is 5.32 Å². The van der Waals surface area contributed by atoms with E-state index < -0.39 is 15.9 Å². The maximum atomic E-state index is 12.7. The van der Waals surface area contributed by atoms with E-state index in [1.807, 2.05) is 30.3 Å². The van der Waals surface area contributed by atoms with Crippen molar-refractivity contribution in [3.8, 4) is 11.1 Å². The molecule has 0 saturated carbocycles. The summed E-state index contributed by atoms with van der Waals surface area (Å²) in [7, 11) is -3.89. The minimum absolute atomic E-state index is 0.111. The third kappa shape index (κ3) is 3.41. The van der Waals surface area contributed by atoms with E-state index in [0.717, 1.165) is 12.0 Å². The molecule has 0 bridgehead atoms. The summed E-state index contributed by atoms with van der Waals surface area (Å²) in [6, 6.07) is 18.1. The Morgan fingerprint density at radius 3 is 2.48 bits per heavy atom. The Morgan fingerprint density at radius 2 is 1.70 bits per heavy atom. The first-order chi connectivity index (χ1) is 12.8. The lowest BCUT2D eigenvalue weighted by molar-refractivity contribution is 0.102. The molecule has 0 saturated heterocycles. The topological polar surface area (TPSA) is 89.3 Å². The van der Waals surface area contributed by atoms with Crippen molar-refractivity contribution in [2.24, 2.45) is 5.14 Å². The van der Waals surface area contributed by atoms with Gasteiger partial charge in [0.2, 0.25) is 10.0 Å². The number of amides is 1. The molecule has 0 radical (unpaired) electrons. The molecule has 1 aliphatic carbocycles. The molecule has 0 heterocycles. The largest absolute Gasteiger partial charge is 0.322 e. The van der Waals surface area contributed by atoms with Gasteiger partial charge in [-0.3, -0.25) is 4.79 Å². The van der Waals surface area contributed by atoms with Crippen molar-refractivity contribution in [1.82, 2.24) is 0 Å². The number of nitrogens with two attached hydrogens (primary N) is 1. The number of hydrogen-bond donors (Lipinski definition) is 2. The lowest BCUT2D eigenvalue weighted by atomic mass is 10.1. The van der Waals surface area contributed by atoms with Gasteiger partial charge in [-0.2, -0.15) is 0 Å². The summed E-state index contributed by atoms with van der Waals surface area (Å²) in [4.78, 5) is 12.5. The fourth-order valence-corrected chi connectivity index (χ4v) is 4.24. The molecule has 7 heteroatoms. The van der Waals surface area contributed by atoms with Gasteiger partial charge in [-0.15, -0.1) is 0 Å². The molecule has 0 aromatic heterocycles. The summed E-state index contributed by atoms with van der Waals surface area (Å²) < 4.78 is 23.6. The summed E-state index contributed by atoms with van der Waals surface area (Å²) in [5.74, 6) is -0.414. The molecule has 0 atom stereocenters. The highest BCUT2D eigenvalue weighted by Crippen LogP contribution is 2.37. The van der Waals surface area contributed by atoms with Crippen LogP contribution in [0, 0.1) is 0 Å². The van der Waals surface area contributed by atoms with Gasteiger partial charge >= 0.3 is 0 Å². The van der Waals surface area contributed by atoms with Crippen molar-refractivity contribution >= 4 is 37.5 Å². The first-order valence-electron chi connectivity index (χ1n) is 8.18. The minimum atomic E-state index is -3.89. The van der Waals surface area contributed by atoms with Crippen LogP contribution in [0.15, 0.2) is 70.0 Å². The van der Waals surface area contributed by atoms with Gasteiger partial charge in [-0.25, -0.2) is 13.6 Å². The van der Waals surface area contributed by atoms with Crippen molar-refractivity contribution in [2.75, 3.05) is 5.32 Å². The fourth-order valence-electron chi connectivity index (χ4n) is 3.28. The van der Waals surface area contributed by atoms with Gasteiger partial charge in [0.15, 0.2) is 0 Å². The standard InChI is InChI=1S/C20H15BrN2O3S/c21-19-8-6-15(27(22,25)26)11-18(19)20(24)23-14-5-7-17-13(10-14)9-12-3-1-2-4-16(12)17/h1-8,10-11H,9H2,(H,23,24)(H2,22,25,26). The molecule has 3 N–H and O–H groups in total. The molecule has 4 rings (SSSR count). The van der Waals surface area contributed by atoms with E-state index in [1.165, 1.54) is 34.9 Å². The van der Waals surface area contributed by atoms with E-state index in [2.05, 4.69) is 33.4 Å². The number of carbonyl (C=O) groups excluding carboxylic acids is 1. The SMILES string of the molecule is NS(=O)(=O)c1ccc(Br)c(C(=O)Nc2ccc3c(c2)Cc2ccccc2-3)c1. The number of fused-ring (bicyclic) bond motifs is 3. The van der Waals surface area contributed by atoms with Crippen LogP contribution in [0.1, 0.15) is 21.5 Å². The predicted octanol–water partition coefficient (Wildman–Crippen LogP) is 3.92. The number of benzene rings is 3. The molecule has 0 unspecified atom stereocenters. The maximum Gasteiger partial charge on any atom is 0.256 e. The van der Waals surface area contributed by atoms with E-state index in [-0.39, 0.29) is 10.5 Å². The average Bonchev–Trinajstić information content (AvgIpc) is 2.98. The summed E-state index contributed by atoms with van der Waals surface area (Å²) >= 11 is 3.28. The highest BCUT2D eigenvalue weighted by molar-refractivity contribution is 9.10. The summed E-state index contributed by atoms with van der Waals surface area (Å²) in [5.41, 5.74) is 5.64. The normalized spacial score (nSPS) is 12.4. The first kappa shape index (κ1) is 17.9. The molecule has 3 aromatic rings. The molecule has 0 aliphatic heterocycles. The second-order valence-corrected chi connectivity index (χ2v) is 8.76. The van der Waals surface area contributed by atoms with E-state index in [1.54, 1.807) is 0 Å². The van der Waals surface area contributed by atoms with Crippen molar-refractivity contribution in [2.45, 2.75) is 11.3 Å². The molecule has 1 aliphatic rings. The lowest BCUT2D eigenvalue weighted by Crippen LogP contribution is -2.16. The van der Waals surface area contributed by atoms with Crippen LogP contribution in [0.2, 0.25) is 0 Å². The van der Waals surface area contributed by atoms with Gasteiger partial charge in [-0.1, -0.05) is 30.3 Å². The molecular weight excluding hydrogens is 428 g/mol. The lowest BCUT2D eigenvalue weighted by Gasteiger charge is -2.10. The highest BCUT2D eigenvalue weighted by atomic mass is 79.9. The number of hydrogen-bond acceptors (Lipinski definition) is 3. The number of halogens is 1. The average molecular weight is 443 g/mol. The molecular formula is C20H15BrN2O3S. The number of carbonyl (C=O) groups is 1. The zero-order valence-corrected chi connectivity index (χ0v) is 16.5. The van der Waals surface area contributed by atoms with Crippen LogP contribution >= 0.6 is 15.9 Å². The molecule has 5 nitrogen and oxygen atoms in total. The third-order valence-corrected chi connectivity index (χ3v) is 6.17. The van der Waals surface area contributed by atoms with Crippen LogP contribution in [-0.4, -0.2) is 14.3 Å². The minimum Gasteiger partial charge on any atom is -0.322 e. The van der Waals surface area contributed by atoms with E-state index in [9.17, 15) is 13.2 Å². The van der Waals surface area contributed by atoms with Crippen molar-refractivity contribution in [3.63, 3.8) is 0 Å². The number of anilines is 1. The molecule has 27 heavy (non-hydrogen) atoms. The van der Waals surface area contributed by atoms with Crippen LogP contribution < -0.4 is 10.5 Å². The Bertz CT molecular complexity index is 1190. The predicted molar refractivity (Wildman–Crippen MR) is 108 cm³/mol. The Morgan fingerprint density at radius 1 is 0.963 bits per heavy atom. The monoisotopic (exact) mass is 442 g/mol. The van der Waals surface area contributed by atoms with Crippen molar-refractivity contribution < 1.29 is 13.2 Å². The summed E-state index contributed by atoms with van der Waals surface area (Å²) in [5, 5.41) is 7.99. The van der Waals surface area contributed by atoms with E-state index in [0.29, 0.717) is 10.2 Å². The van der Waals surface area contributed by atoms with Crippen molar-refractivity contribution in [1.29, 1.82) is 0 Å². The van der Waals surface area contributed by atoms with Gasteiger partial charge in [0, 0.05) is 10.2 Å². The van der Waals surface area contributed by atoms with Gasteiger partial charge in [0.25, 0.3) is 5.91 Å². The number of nitrogens with one attached hydrogen (secondary N) is 1. The Hall–Kier alpha value is -2.48. The van der Waals surface area contributed by atoms with Crippen LogP contribution in [0.25, 0.3) is 11.1 Å². The summed E-state index contributed by atoms with van der Waals surface area (Å²) in [6.45, 7) is 0. The Kier molecular flexibility index (Phi) is 4.38. The highest BCUT2D eigenvalue weighted by Gasteiger charge is 2.19. The van der Waals surface area contributed by atoms with Crippen LogP contribution in [-0.2, 0) is 16.4 Å². The number of primary sulfonamides is 1.